The molecule has 3 amide bonds. The molecule has 3 N–H and O–H groups in total. The molecule has 0 aliphatic carbocycles. The fourth-order valence-corrected chi connectivity index (χ4v) is 1.63. The predicted molar refractivity (Wildman–Crippen MR) is 68.5 cm³/mol. The maximum absolute atomic E-state index is 11.6. The number of hydrogen-bond acceptors (Lipinski definition) is 5. The summed E-state index contributed by atoms with van der Waals surface area (Å²) in [6, 6.07) is -0.699. The second-order valence-electron chi connectivity index (χ2n) is 3.67. The van der Waals surface area contributed by atoms with E-state index in [1.54, 1.807) is 10.9 Å². The second-order valence-corrected chi connectivity index (χ2v) is 4.39. The lowest BCUT2D eigenvalue weighted by molar-refractivity contribution is -0.133. The highest BCUT2D eigenvalue weighted by Crippen LogP contribution is 2.03. The number of carbonyl (C=O) groups is 3. The van der Waals surface area contributed by atoms with E-state index in [2.05, 4.69) is 10.3 Å². The number of carboxylic acid groups (broad SMARTS) is 1. The summed E-state index contributed by atoms with van der Waals surface area (Å²) in [5.41, 5.74) is 2.19. The number of aliphatic carboxylic acids is 1. The number of imide groups is 1. The van der Waals surface area contributed by atoms with Crippen molar-refractivity contribution in [1.82, 2.24) is 15.6 Å². The van der Waals surface area contributed by atoms with Gasteiger partial charge in [-0.1, -0.05) is 0 Å². The van der Waals surface area contributed by atoms with Gasteiger partial charge in [-0.3, -0.25) is 10.1 Å². The Hall–Kier alpha value is -2.22. The molecule has 1 rings (SSSR count). The average Bonchev–Trinajstić information content (AvgIpc) is 2.87. The van der Waals surface area contributed by atoms with E-state index >= 15 is 0 Å². The number of aromatic nitrogens is 1. The molecule has 1 heterocycles. The first kappa shape index (κ1) is 14.8. The highest BCUT2D eigenvalue weighted by Gasteiger charge is 2.15. The summed E-state index contributed by atoms with van der Waals surface area (Å²) in [7, 11) is 0. The van der Waals surface area contributed by atoms with Crippen molar-refractivity contribution in [1.29, 1.82) is 0 Å². The molecule has 7 nitrogen and oxygen atoms in total. The van der Waals surface area contributed by atoms with E-state index in [4.69, 9.17) is 5.11 Å². The molecule has 0 aromatic carbocycles. The monoisotopic (exact) mass is 283 g/mol. The van der Waals surface area contributed by atoms with E-state index in [1.807, 2.05) is 5.32 Å². The van der Waals surface area contributed by atoms with Crippen LogP contribution in [0.1, 0.15) is 19.5 Å². The van der Waals surface area contributed by atoms with Gasteiger partial charge in [-0.25, -0.2) is 14.6 Å². The summed E-state index contributed by atoms with van der Waals surface area (Å²) >= 11 is 1.39. The topological polar surface area (TPSA) is 108 Å². The van der Waals surface area contributed by atoms with Gasteiger partial charge in [0.1, 0.15) is 0 Å². The average molecular weight is 283 g/mol. The number of amides is 3. The molecule has 0 aliphatic heterocycles. The van der Waals surface area contributed by atoms with Crippen LogP contribution in [0.15, 0.2) is 22.0 Å². The van der Waals surface area contributed by atoms with Crippen LogP contribution in [0, 0.1) is 0 Å². The highest BCUT2D eigenvalue weighted by molar-refractivity contribution is 7.07. The Morgan fingerprint density at radius 1 is 1.32 bits per heavy atom. The molecule has 0 radical (unpaired) electrons. The van der Waals surface area contributed by atoms with Crippen molar-refractivity contribution >= 4 is 29.2 Å². The van der Waals surface area contributed by atoms with Gasteiger partial charge in [-0.05, 0) is 13.8 Å². The third-order valence-electron chi connectivity index (χ3n) is 2.36. The molecule has 0 aliphatic rings. The first-order chi connectivity index (χ1) is 8.91. The van der Waals surface area contributed by atoms with E-state index in [-0.39, 0.29) is 17.7 Å². The standard InChI is InChI=1S/C11H13N3O4S/c1-6(7(2)10(16)17)9(15)14-11(18)12-3-8-4-19-5-13-8/h4-5H,3H2,1-2H3,(H,16,17)(H2,12,14,15,18). The Labute approximate surface area is 113 Å². The van der Waals surface area contributed by atoms with Crippen molar-refractivity contribution in [2.24, 2.45) is 0 Å². The second kappa shape index (κ2) is 6.64. The lowest BCUT2D eigenvalue weighted by Crippen LogP contribution is -2.39. The zero-order chi connectivity index (χ0) is 14.4. The Kier molecular flexibility index (Phi) is 5.19. The molecule has 8 heteroatoms. The summed E-state index contributed by atoms with van der Waals surface area (Å²) in [6.45, 7) is 2.83. The third kappa shape index (κ3) is 4.51. The lowest BCUT2D eigenvalue weighted by atomic mass is 10.1. The molecule has 0 bridgehead atoms. The normalized spacial score (nSPS) is 11.5. The number of rotatable bonds is 4. The van der Waals surface area contributed by atoms with Crippen LogP contribution in [-0.2, 0) is 16.1 Å². The third-order valence-corrected chi connectivity index (χ3v) is 3.00. The predicted octanol–water partition coefficient (Wildman–Crippen LogP) is 0.890. The number of nitrogens with one attached hydrogen (secondary N) is 2. The number of urea groups is 1. The largest absolute Gasteiger partial charge is 0.478 e. The maximum Gasteiger partial charge on any atom is 0.331 e. The number of carbonyl (C=O) groups excluding carboxylic acids is 2. The molecule has 1 aromatic heterocycles. The Morgan fingerprint density at radius 2 is 2.00 bits per heavy atom. The van der Waals surface area contributed by atoms with Crippen molar-refractivity contribution in [3.05, 3.63) is 27.7 Å². The fourth-order valence-electron chi connectivity index (χ4n) is 1.07. The molecule has 19 heavy (non-hydrogen) atoms. The summed E-state index contributed by atoms with van der Waals surface area (Å²) in [5, 5.41) is 15.0. The summed E-state index contributed by atoms with van der Waals surface area (Å²) in [6.07, 6.45) is 0. The smallest absolute Gasteiger partial charge is 0.331 e. The molecule has 0 spiro atoms. The quantitative estimate of drug-likeness (QED) is 0.711. The van der Waals surface area contributed by atoms with Gasteiger partial charge in [-0.15, -0.1) is 11.3 Å². The van der Waals surface area contributed by atoms with Gasteiger partial charge in [0.15, 0.2) is 0 Å². The van der Waals surface area contributed by atoms with Crippen LogP contribution in [0.25, 0.3) is 0 Å². The van der Waals surface area contributed by atoms with Gasteiger partial charge in [0, 0.05) is 16.5 Å². The molecule has 102 valence electrons. The van der Waals surface area contributed by atoms with Crippen LogP contribution >= 0.6 is 11.3 Å². The van der Waals surface area contributed by atoms with E-state index in [0.717, 1.165) is 0 Å². The SMILES string of the molecule is CC(C(=O)O)=C(C)C(=O)NC(=O)NCc1cscn1. The van der Waals surface area contributed by atoms with Gasteiger partial charge in [0.05, 0.1) is 17.7 Å². The van der Waals surface area contributed by atoms with Crippen LogP contribution in [0.2, 0.25) is 0 Å². The molecule has 0 atom stereocenters. The number of nitrogens with zero attached hydrogens (tertiary/aromatic N) is 1. The van der Waals surface area contributed by atoms with Gasteiger partial charge in [0.2, 0.25) is 0 Å². The van der Waals surface area contributed by atoms with E-state index < -0.39 is 17.9 Å². The zero-order valence-electron chi connectivity index (χ0n) is 10.4. The molecular formula is C11H13N3O4S. The molecular weight excluding hydrogens is 270 g/mol. The van der Waals surface area contributed by atoms with Crippen LogP contribution in [0.5, 0.6) is 0 Å². The summed E-state index contributed by atoms with van der Waals surface area (Å²) in [5.74, 6) is -1.94. The van der Waals surface area contributed by atoms with Crippen molar-refractivity contribution in [2.45, 2.75) is 20.4 Å². The van der Waals surface area contributed by atoms with Crippen LogP contribution < -0.4 is 10.6 Å². The minimum absolute atomic E-state index is 0.0173. The van der Waals surface area contributed by atoms with Crippen LogP contribution in [0.3, 0.4) is 0 Å². The summed E-state index contributed by atoms with van der Waals surface area (Å²) < 4.78 is 0. The minimum atomic E-state index is -1.20. The number of hydrogen-bond donors (Lipinski definition) is 3. The van der Waals surface area contributed by atoms with E-state index in [9.17, 15) is 14.4 Å². The molecule has 0 unspecified atom stereocenters. The van der Waals surface area contributed by atoms with E-state index in [1.165, 1.54) is 25.2 Å². The lowest BCUT2D eigenvalue weighted by Gasteiger charge is -2.06. The van der Waals surface area contributed by atoms with Crippen molar-refractivity contribution in [3.8, 4) is 0 Å². The first-order valence-electron chi connectivity index (χ1n) is 5.28. The Morgan fingerprint density at radius 3 is 2.53 bits per heavy atom. The fraction of sp³-hybridized carbons (Fsp3) is 0.273. The highest BCUT2D eigenvalue weighted by atomic mass is 32.1. The van der Waals surface area contributed by atoms with Crippen molar-refractivity contribution in [3.63, 3.8) is 0 Å². The molecule has 0 fully saturated rings. The van der Waals surface area contributed by atoms with Crippen molar-refractivity contribution < 1.29 is 19.5 Å². The van der Waals surface area contributed by atoms with Crippen LogP contribution in [-0.4, -0.2) is 28.0 Å². The number of thiazole rings is 1. The van der Waals surface area contributed by atoms with Gasteiger partial charge >= 0.3 is 12.0 Å². The molecule has 1 aromatic rings. The van der Waals surface area contributed by atoms with Crippen molar-refractivity contribution in [2.75, 3.05) is 0 Å². The zero-order valence-corrected chi connectivity index (χ0v) is 11.2. The van der Waals surface area contributed by atoms with Crippen LogP contribution in [0.4, 0.5) is 4.79 Å². The molecule has 0 saturated carbocycles. The Bertz CT molecular complexity index is 522. The maximum atomic E-state index is 11.6. The van der Waals surface area contributed by atoms with Gasteiger partial charge < -0.3 is 10.4 Å². The molecule has 0 saturated heterocycles. The minimum Gasteiger partial charge on any atom is -0.478 e. The van der Waals surface area contributed by atoms with E-state index in [0.29, 0.717) is 5.69 Å². The summed E-state index contributed by atoms with van der Waals surface area (Å²) in [4.78, 5) is 37.6. The van der Waals surface area contributed by atoms with Gasteiger partial charge in [-0.2, -0.15) is 0 Å². The first-order valence-corrected chi connectivity index (χ1v) is 6.23. The Balaban J connectivity index is 2.50. The number of carboxylic acids is 1. The van der Waals surface area contributed by atoms with Gasteiger partial charge in [0.25, 0.3) is 5.91 Å².